The fourth-order valence-electron chi connectivity index (χ4n) is 1.41. The maximum Gasteiger partial charge on any atom is 0.374 e. The summed E-state index contributed by atoms with van der Waals surface area (Å²) in [6.45, 7) is 0. The van der Waals surface area contributed by atoms with Crippen molar-refractivity contribution >= 4 is 46.3 Å². The molecule has 1 aliphatic carbocycles. The van der Waals surface area contributed by atoms with Crippen LogP contribution in [0.25, 0.3) is 0 Å². The SMILES string of the molecule is O=C(OC(=S)S)SC1CCCCC1. The lowest BCUT2D eigenvalue weighted by Crippen LogP contribution is -2.12. The molecular formula is C8H12O2S3. The van der Waals surface area contributed by atoms with Gasteiger partial charge in [0.25, 0.3) is 0 Å². The van der Waals surface area contributed by atoms with Gasteiger partial charge in [-0.1, -0.05) is 31.9 Å². The molecule has 1 saturated carbocycles. The molecule has 13 heavy (non-hydrogen) atoms. The second-order valence-corrected chi connectivity index (χ2v) is 5.31. The third-order valence-electron chi connectivity index (χ3n) is 1.99. The van der Waals surface area contributed by atoms with Crippen LogP contribution in [0.1, 0.15) is 32.1 Å². The van der Waals surface area contributed by atoms with E-state index < -0.39 is 0 Å². The van der Waals surface area contributed by atoms with Gasteiger partial charge >= 0.3 is 5.30 Å². The Labute approximate surface area is 93.2 Å². The smallest absolute Gasteiger partial charge is 0.374 e. The molecule has 0 spiro atoms. The highest BCUT2D eigenvalue weighted by molar-refractivity contribution is 8.14. The second-order valence-electron chi connectivity index (χ2n) is 3.00. The number of thiol groups is 1. The van der Waals surface area contributed by atoms with Crippen LogP contribution >= 0.6 is 36.6 Å². The number of rotatable bonds is 1. The minimum absolute atomic E-state index is 0.00769. The zero-order valence-electron chi connectivity index (χ0n) is 7.19. The van der Waals surface area contributed by atoms with Crippen LogP contribution in [0.15, 0.2) is 0 Å². The first-order valence-corrected chi connectivity index (χ1v) is 6.03. The number of carbonyl (C=O) groups excluding carboxylic acids is 1. The third kappa shape index (κ3) is 4.88. The van der Waals surface area contributed by atoms with Crippen molar-refractivity contribution in [1.82, 2.24) is 0 Å². The summed E-state index contributed by atoms with van der Waals surface area (Å²) in [6, 6.07) is 0. The van der Waals surface area contributed by atoms with E-state index in [2.05, 4.69) is 29.6 Å². The van der Waals surface area contributed by atoms with Crippen molar-refractivity contribution in [3.63, 3.8) is 0 Å². The molecule has 0 saturated heterocycles. The maximum absolute atomic E-state index is 11.1. The zero-order chi connectivity index (χ0) is 9.68. The van der Waals surface area contributed by atoms with Crippen LogP contribution < -0.4 is 0 Å². The van der Waals surface area contributed by atoms with Gasteiger partial charge < -0.3 is 4.74 Å². The molecule has 0 amide bonds. The molecular weight excluding hydrogens is 224 g/mol. The molecule has 0 atom stereocenters. The number of carbonyl (C=O) groups is 1. The van der Waals surface area contributed by atoms with Crippen LogP contribution in [-0.4, -0.2) is 14.9 Å². The normalized spacial score (nSPS) is 18.2. The molecule has 0 radical (unpaired) electrons. The molecule has 0 N–H and O–H groups in total. The molecule has 5 heteroatoms. The van der Waals surface area contributed by atoms with Crippen LogP contribution in [0.5, 0.6) is 0 Å². The molecule has 0 bridgehead atoms. The quantitative estimate of drug-likeness (QED) is 0.429. The molecule has 74 valence electrons. The van der Waals surface area contributed by atoms with E-state index in [1.54, 1.807) is 0 Å². The lowest BCUT2D eigenvalue weighted by molar-refractivity contribution is 0.227. The van der Waals surface area contributed by atoms with Crippen molar-refractivity contribution in [3.8, 4) is 0 Å². The molecule has 1 fully saturated rings. The first-order valence-electron chi connectivity index (χ1n) is 4.30. The van der Waals surface area contributed by atoms with Crippen LogP contribution in [0.2, 0.25) is 0 Å². The average Bonchev–Trinajstić information content (AvgIpc) is 2.04. The van der Waals surface area contributed by atoms with Crippen molar-refractivity contribution in [2.24, 2.45) is 0 Å². The van der Waals surface area contributed by atoms with Gasteiger partial charge in [-0.05, 0) is 36.8 Å². The predicted molar refractivity (Wildman–Crippen MR) is 62.5 cm³/mol. The van der Waals surface area contributed by atoms with Crippen molar-refractivity contribution in [3.05, 3.63) is 0 Å². The largest absolute Gasteiger partial charge is 0.400 e. The topological polar surface area (TPSA) is 26.3 Å². The summed E-state index contributed by atoms with van der Waals surface area (Å²) in [5.74, 6) is 0. The Hall–Kier alpha value is 0.260. The van der Waals surface area contributed by atoms with Crippen molar-refractivity contribution in [2.75, 3.05) is 0 Å². The van der Waals surface area contributed by atoms with Gasteiger partial charge in [0.15, 0.2) is 0 Å². The number of hydrogen-bond acceptors (Lipinski definition) is 4. The summed E-state index contributed by atoms with van der Waals surface area (Å²) in [5, 5.41) is 0.107. The van der Waals surface area contributed by atoms with E-state index in [1.807, 2.05) is 0 Å². The van der Waals surface area contributed by atoms with E-state index in [9.17, 15) is 4.79 Å². The summed E-state index contributed by atoms with van der Waals surface area (Å²) in [4.78, 5) is 11.1. The van der Waals surface area contributed by atoms with Gasteiger partial charge in [-0.2, -0.15) is 0 Å². The average molecular weight is 236 g/mol. The number of ether oxygens (including phenoxy) is 1. The Morgan fingerprint density at radius 2 is 2.00 bits per heavy atom. The minimum atomic E-state index is -0.313. The Morgan fingerprint density at radius 3 is 2.54 bits per heavy atom. The lowest BCUT2D eigenvalue weighted by atomic mass is 10.0. The van der Waals surface area contributed by atoms with Crippen molar-refractivity contribution in [1.29, 1.82) is 0 Å². The summed E-state index contributed by atoms with van der Waals surface area (Å²) in [7, 11) is 0. The molecule has 2 nitrogen and oxygen atoms in total. The monoisotopic (exact) mass is 236 g/mol. The molecule has 0 aromatic heterocycles. The van der Waals surface area contributed by atoms with E-state index >= 15 is 0 Å². The second kappa shape index (κ2) is 5.88. The first-order chi connectivity index (χ1) is 6.18. The van der Waals surface area contributed by atoms with Gasteiger partial charge in [0.05, 0.1) is 0 Å². The van der Waals surface area contributed by atoms with E-state index in [0.717, 1.165) is 12.8 Å². The predicted octanol–water partition coefficient (Wildman–Crippen LogP) is 3.40. The summed E-state index contributed by atoms with van der Waals surface area (Å²) in [5.41, 5.74) is 0. The summed E-state index contributed by atoms with van der Waals surface area (Å²) in [6.07, 6.45) is 5.95. The molecule has 1 rings (SSSR count). The Balaban J connectivity index is 2.22. The van der Waals surface area contributed by atoms with E-state index in [0.29, 0.717) is 5.25 Å². The lowest BCUT2D eigenvalue weighted by Gasteiger charge is -2.19. The molecule has 0 unspecified atom stereocenters. The van der Waals surface area contributed by atoms with Gasteiger partial charge in [0.1, 0.15) is 0 Å². The van der Waals surface area contributed by atoms with Gasteiger partial charge in [-0.3, -0.25) is 0 Å². The van der Waals surface area contributed by atoms with E-state index in [1.165, 1.54) is 31.0 Å². The minimum Gasteiger partial charge on any atom is -0.400 e. The Kier molecular flexibility index (Phi) is 5.13. The van der Waals surface area contributed by atoms with E-state index in [4.69, 9.17) is 0 Å². The molecule has 0 aromatic rings. The highest BCUT2D eigenvalue weighted by Gasteiger charge is 2.18. The highest BCUT2D eigenvalue weighted by atomic mass is 32.2. The molecule has 0 aromatic carbocycles. The standard InChI is InChI=1S/C8H12O2S3/c9-7(10-8(11)12)13-6-4-2-1-3-5-6/h6H,1-5H2,(H,11,12). The van der Waals surface area contributed by atoms with Crippen molar-refractivity contribution < 1.29 is 9.53 Å². The summed E-state index contributed by atoms with van der Waals surface area (Å²) < 4.78 is 4.68. The van der Waals surface area contributed by atoms with Crippen LogP contribution in [0.3, 0.4) is 0 Å². The Morgan fingerprint density at radius 1 is 1.38 bits per heavy atom. The van der Waals surface area contributed by atoms with Gasteiger partial charge in [0.2, 0.25) is 4.38 Å². The molecule has 1 aliphatic rings. The summed E-state index contributed by atoms with van der Waals surface area (Å²) >= 11 is 9.53. The first kappa shape index (κ1) is 11.3. The fourth-order valence-corrected chi connectivity index (χ4v) is 2.66. The fraction of sp³-hybridized carbons (Fsp3) is 0.750. The molecule has 0 aliphatic heterocycles. The number of thioether (sulfide) groups is 1. The van der Waals surface area contributed by atoms with Crippen molar-refractivity contribution in [2.45, 2.75) is 37.4 Å². The number of hydrogen-bond donors (Lipinski definition) is 1. The van der Waals surface area contributed by atoms with Gasteiger partial charge in [0, 0.05) is 5.25 Å². The van der Waals surface area contributed by atoms with Gasteiger partial charge in [-0.15, -0.1) is 0 Å². The van der Waals surface area contributed by atoms with Crippen LogP contribution in [0, 0.1) is 0 Å². The number of thiocarbonyl (C=S) groups is 1. The van der Waals surface area contributed by atoms with Gasteiger partial charge in [-0.25, -0.2) is 4.79 Å². The molecule has 0 heterocycles. The highest BCUT2D eigenvalue weighted by Crippen LogP contribution is 2.29. The van der Waals surface area contributed by atoms with Crippen LogP contribution in [-0.2, 0) is 4.74 Å². The third-order valence-corrected chi connectivity index (χ3v) is 3.24. The maximum atomic E-state index is 11.1. The zero-order valence-corrected chi connectivity index (χ0v) is 9.72. The van der Waals surface area contributed by atoms with Crippen LogP contribution in [0.4, 0.5) is 4.79 Å². The Bertz CT molecular complexity index is 200. The van der Waals surface area contributed by atoms with E-state index in [-0.39, 0.29) is 9.68 Å².